The molecule has 0 aliphatic carbocycles. The lowest BCUT2D eigenvalue weighted by molar-refractivity contribution is 0.371. The molecule has 1 aliphatic heterocycles. The zero-order valence-corrected chi connectivity index (χ0v) is 5.99. The van der Waals surface area contributed by atoms with Crippen molar-refractivity contribution in [3.8, 4) is 0 Å². The summed E-state index contributed by atoms with van der Waals surface area (Å²) in [6.07, 6.45) is 3.58. The Morgan fingerprint density at radius 3 is 3.18 bits per heavy atom. The number of rotatable bonds is 0. The van der Waals surface area contributed by atoms with E-state index in [9.17, 15) is 0 Å². The summed E-state index contributed by atoms with van der Waals surface area (Å²) >= 11 is 0. The summed E-state index contributed by atoms with van der Waals surface area (Å²) in [5.41, 5.74) is 0. The Morgan fingerprint density at radius 1 is 1.55 bits per heavy atom. The number of amidine groups is 1. The molecule has 0 amide bonds. The van der Waals surface area contributed by atoms with Crippen LogP contribution in [0.5, 0.6) is 0 Å². The molecule has 5 heteroatoms. The van der Waals surface area contributed by atoms with Gasteiger partial charge in [0.2, 0.25) is 0 Å². The predicted octanol–water partition coefficient (Wildman–Crippen LogP) is -0.450. The topological polar surface area (TPSA) is 70.9 Å². The van der Waals surface area contributed by atoms with Gasteiger partial charge >= 0.3 is 0 Å². The van der Waals surface area contributed by atoms with Crippen LogP contribution >= 0.6 is 0 Å². The first-order valence-electron chi connectivity index (χ1n) is 3.37. The lowest BCUT2D eigenvalue weighted by atomic mass is 10.4. The molecular weight excluding hydrogens is 142 g/mol. The van der Waals surface area contributed by atoms with Crippen LogP contribution in [0.15, 0.2) is 12.4 Å². The molecule has 0 fully saturated rings. The highest BCUT2D eigenvalue weighted by molar-refractivity contribution is 5.79. The first-order valence-corrected chi connectivity index (χ1v) is 3.37. The molecule has 5 nitrogen and oxygen atoms in total. The van der Waals surface area contributed by atoms with Gasteiger partial charge in [-0.25, -0.2) is 10.8 Å². The molecule has 0 saturated carbocycles. The second kappa shape index (κ2) is 2.06. The summed E-state index contributed by atoms with van der Waals surface area (Å²) in [5, 5.41) is 8.82. The maximum absolute atomic E-state index is 7.42. The smallest absolute Gasteiger partial charge is 0.131 e. The van der Waals surface area contributed by atoms with Gasteiger partial charge in [0.15, 0.2) is 0 Å². The third-order valence-corrected chi connectivity index (χ3v) is 1.78. The SMILES string of the molecule is N=C1Cn2ccnc2CN1N. The summed E-state index contributed by atoms with van der Waals surface area (Å²) in [5.74, 6) is 6.85. The quantitative estimate of drug-likeness (QED) is 0.493. The van der Waals surface area contributed by atoms with E-state index in [0.29, 0.717) is 18.9 Å². The van der Waals surface area contributed by atoms with Gasteiger partial charge in [0, 0.05) is 12.4 Å². The van der Waals surface area contributed by atoms with E-state index in [1.54, 1.807) is 6.20 Å². The minimum absolute atomic E-state index is 0.426. The van der Waals surface area contributed by atoms with Crippen molar-refractivity contribution >= 4 is 5.84 Å². The third-order valence-electron chi connectivity index (χ3n) is 1.78. The van der Waals surface area contributed by atoms with Crippen LogP contribution in [-0.2, 0) is 13.1 Å². The van der Waals surface area contributed by atoms with E-state index < -0.39 is 0 Å². The largest absolute Gasteiger partial charge is 0.326 e. The fraction of sp³-hybridized carbons (Fsp3) is 0.333. The molecule has 2 heterocycles. The first-order chi connectivity index (χ1) is 5.27. The average Bonchev–Trinajstić information content (AvgIpc) is 2.36. The lowest BCUT2D eigenvalue weighted by Gasteiger charge is -2.25. The van der Waals surface area contributed by atoms with Crippen LogP contribution < -0.4 is 5.84 Å². The summed E-state index contributed by atoms with van der Waals surface area (Å²) in [7, 11) is 0. The molecule has 1 aliphatic rings. The number of fused-ring (bicyclic) bond motifs is 1. The summed E-state index contributed by atoms with van der Waals surface area (Å²) in [6.45, 7) is 1.07. The van der Waals surface area contributed by atoms with Gasteiger partial charge in [-0.15, -0.1) is 0 Å². The Balaban J connectivity index is 2.37. The minimum Gasteiger partial charge on any atom is -0.326 e. The van der Waals surface area contributed by atoms with Crippen LogP contribution in [0, 0.1) is 5.41 Å². The standard InChI is InChI=1S/C6H9N5/c7-5-3-10-2-1-9-6(10)4-11(5)8/h1-2,7H,3-4,8H2. The highest BCUT2D eigenvalue weighted by atomic mass is 15.4. The highest BCUT2D eigenvalue weighted by Gasteiger charge is 2.16. The highest BCUT2D eigenvalue weighted by Crippen LogP contribution is 2.07. The predicted molar refractivity (Wildman–Crippen MR) is 39.7 cm³/mol. The van der Waals surface area contributed by atoms with E-state index in [1.165, 1.54) is 5.01 Å². The number of nitrogens with two attached hydrogens (primary N) is 1. The summed E-state index contributed by atoms with van der Waals surface area (Å²) in [6, 6.07) is 0. The van der Waals surface area contributed by atoms with Crippen molar-refractivity contribution in [1.29, 1.82) is 5.41 Å². The zero-order valence-electron chi connectivity index (χ0n) is 5.99. The van der Waals surface area contributed by atoms with Crippen LogP contribution in [0.2, 0.25) is 0 Å². The van der Waals surface area contributed by atoms with Crippen molar-refractivity contribution in [3.05, 3.63) is 18.2 Å². The maximum Gasteiger partial charge on any atom is 0.131 e. The van der Waals surface area contributed by atoms with Crippen molar-refractivity contribution in [2.24, 2.45) is 5.84 Å². The van der Waals surface area contributed by atoms with Crippen molar-refractivity contribution in [3.63, 3.8) is 0 Å². The van der Waals surface area contributed by atoms with Crippen molar-refractivity contribution < 1.29 is 0 Å². The van der Waals surface area contributed by atoms with E-state index >= 15 is 0 Å². The molecule has 0 bridgehead atoms. The van der Waals surface area contributed by atoms with Crippen molar-refractivity contribution in [1.82, 2.24) is 14.6 Å². The van der Waals surface area contributed by atoms with E-state index in [2.05, 4.69) is 4.98 Å². The summed E-state index contributed by atoms with van der Waals surface area (Å²) in [4.78, 5) is 4.09. The molecule has 3 N–H and O–H groups in total. The van der Waals surface area contributed by atoms with Gasteiger partial charge in [-0.05, 0) is 0 Å². The van der Waals surface area contributed by atoms with Gasteiger partial charge in [0.1, 0.15) is 11.7 Å². The molecule has 0 saturated heterocycles. The summed E-state index contributed by atoms with van der Waals surface area (Å²) < 4.78 is 1.92. The van der Waals surface area contributed by atoms with E-state index in [0.717, 1.165) is 5.82 Å². The van der Waals surface area contributed by atoms with E-state index in [4.69, 9.17) is 11.3 Å². The van der Waals surface area contributed by atoms with Gasteiger partial charge in [0.05, 0.1) is 13.1 Å². The molecular formula is C6H9N5. The number of hydrazine groups is 1. The number of aromatic nitrogens is 2. The number of hydrogen-bond donors (Lipinski definition) is 2. The second-order valence-corrected chi connectivity index (χ2v) is 2.55. The molecule has 1 aromatic rings. The van der Waals surface area contributed by atoms with Crippen LogP contribution in [0.25, 0.3) is 0 Å². The Bertz CT molecular complexity index is 289. The molecule has 0 radical (unpaired) electrons. The Kier molecular flexibility index (Phi) is 1.19. The molecule has 1 aromatic heterocycles. The van der Waals surface area contributed by atoms with Crippen molar-refractivity contribution in [2.45, 2.75) is 13.1 Å². The van der Waals surface area contributed by atoms with Crippen LogP contribution in [0.3, 0.4) is 0 Å². The molecule has 0 atom stereocenters. The number of imidazole rings is 1. The lowest BCUT2D eigenvalue weighted by Crippen LogP contribution is -2.43. The van der Waals surface area contributed by atoms with Crippen LogP contribution in [0.1, 0.15) is 5.82 Å². The van der Waals surface area contributed by atoms with E-state index in [-0.39, 0.29) is 0 Å². The van der Waals surface area contributed by atoms with Crippen LogP contribution in [-0.4, -0.2) is 20.4 Å². The normalized spacial score (nSPS) is 16.8. The molecule has 2 rings (SSSR count). The average molecular weight is 151 g/mol. The molecule has 11 heavy (non-hydrogen) atoms. The number of nitrogens with zero attached hydrogens (tertiary/aromatic N) is 3. The van der Waals surface area contributed by atoms with Gasteiger partial charge < -0.3 is 4.57 Å². The fourth-order valence-corrected chi connectivity index (χ4v) is 1.14. The monoisotopic (exact) mass is 151 g/mol. The van der Waals surface area contributed by atoms with Gasteiger partial charge in [-0.1, -0.05) is 0 Å². The Hall–Kier alpha value is -1.36. The molecule has 0 spiro atoms. The van der Waals surface area contributed by atoms with Gasteiger partial charge in [0.25, 0.3) is 0 Å². The number of nitrogens with one attached hydrogen (secondary N) is 1. The molecule has 0 aromatic carbocycles. The zero-order chi connectivity index (χ0) is 7.84. The van der Waals surface area contributed by atoms with E-state index in [1.807, 2.05) is 10.8 Å². The second-order valence-electron chi connectivity index (χ2n) is 2.55. The molecule has 0 unspecified atom stereocenters. The van der Waals surface area contributed by atoms with Gasteiger partial charge in [-0.3, -0.25) is 10.4 Å². The van der Waals surface area contributed by atoms with Crippen LogP contribution in [0.4, 0.5) is 0 Å². The Labute approximate surface area is 63.9 Å². The van der Waals surface area contributed by atoms with Gasteiger partial charge in [-0.2, -0.15) is 0 Å². The minimum atomic E-state index is 0.426. The van der Waals surface area contributed by atoms with Crippen molar-refractivity contribution in [2.75, 3.05) is 0 Å². The Morgan fingerprint density at radius 2 is 2.36 bits per heavy atom. The third kappa shape index (κ3) is 0.894. The molecule has 58 valence electrons. The first kappa shape index (κ1) is 6.36. The maximum atomic E-state index is 7.42. The fourth-order valence-electron chi connectivity index (χ4n) is 1.14. The number of hydrogen-bond acceptors (Lipinski definition) is 3.